The van der Waals surface area contributed by atoms with Crippen LogP contribution in [0.25, 0.3) is 0 Å². The monoisotopic (exact) mass is 239 g/mol. The van der Waals surface area contributed by atoms with Crippen molar-refractivity contribution in [3.63, 3.8) is 0 Å². The lowest BCUT2D eigenvalue weighted by Crippen LogP contribution is -2.21. The number of hydrogen-bond donors (Lipinski definition) is 1. The molecule has 17 heavy (non-hydrogen) atoms. The van der Waals surface area contributed by atoms with Crippen LogP contribution in [0.1, 0.15) is 39.2 Å². The van der Waals surface area contributed by atoms with Gasteiger partial charge in [0.1, 0.15) is 11.6 Å². The van der Waals surface area contributed by atoms with E-state index in [0.29, 0.717) is 24.9 Å². The third kappa shape index (κ3) is 5.68. The molecule has 1 rings (SSSR count). The van der Waals surface area contributed by atoms with Crippen molar-refractivity contribution in [1.29, 1.82) is 0 Å². The summed E-state index contributed by atoms with van der Waals surface area (Å²) in [5.41, 5.74) is 0.921. The lowest BCUT2D eigenvalue weighted by atomic mass is 10.2. The number of rotatable bonds is 7. The van der Waals surface area contributed by atoms with Crippen molar-refractivity contribution < 1.29 is 9.13 Å². The number of nitrogens with one attached hydrogen (secondary N) is 1. The van der Waals surface area contributed by atoms with Crippen LogP contribution < -0.4 is 10.1 Å². The maximum atomic E-state index is 13.4. The molecule has 0 unspecified atom stereocenters. The first kappa shape index (κ1) is 14.0. The highest BCUT2D eigenvalue weighted by Gasteiger charge is 2.02. The maximum absolute atomic E-state index is 13.4. The van der Waals surface area contributed by atoms with Crippen LogP contribution in [0.5, 0.6) is 5.75 Å². The summed E-state index contributed by atoms with van der Waals surface area (Å²) in [6.45, 7) is 7.55. The van der Waals surface area contributed by atoms with E-state index in [1.54, 1.807) is 6.07 Å². The molecule has 0 aliphatic carbocycles. The standard InChI is InChI=1S/C14H22FNO/c1-4-5-6-17-14-8-12(7-13(15)9-14)10-16-11(2)3/h7-9,11,16H,4-6,10H2,1-3H3. The van der Waals surface area contributed by atoms with Gasteiger partial charge >= 0.3 is 0 Å². The Hall–Kier alpha value is -1.09. The van der Waals surface area contributed by atoms with Gasteiger partial charge in [-0.05, 0) is 24.1 Å². The predicted molar refractivity (Wildman–Crippen MR) is 68.8 cm³/mol. The summed E-state index contributed by atoms with van der Waals surface area (Å²) in [7, 11) is 0. The topological polar surface area (TPSA) is 21.3 Å². The lowest BCUT2D eigenvalue weighted by molar-refractivity contribution is 0.307. The first-order chi connectivity index (χ1) is 8.11. The molecule has 0 fully saturated rings. The van der Waals surface area contributed by atoms with Gasteiger partial charge in [-0.2, -0.15) is 0 Å². The van der Waals surface area contributed by atoms with Gasteiger partial charge in [-0.3, -0.25) is 0 Å². The van der Waals surface area contributed by atoms with E-state index in [4.69, 9.17) is 4.74 Å². The van der Waals surface area contributed by atoms with Gasteiger partial charge in [0.2, 0.25) is 0 Å². The van der Waals surface area contributed by atoms with Crippen molar-refractivity contribution in [2.45, 2.75) is 46.2 Å². The van der Waals surface area contributed by atoms with E-state index in [2.05, 4.69) is 26.1 Å². The van der Waals surface area contributed by atoms with Crippen molar-refractivity contribution in [2.75, 3.05) is 6.61 Å². The fourth-order valence-electron chi connectivity index (χ4n) is 1.46. The minimum absolute atomic E-state index is 0.237. The molecule has 0 saturated heterocycles. The lowest BCUT2D eigenvalue weighted by Gasteiger charge is -2.11. The van der Waals surface area contributed by atoms with Crippen LogP contribution in [-0.2, 0) is 6.54 Å². The number of hydrogen-bond acceptors (Lipinski definition) is 2. The molecular weight excluding hydrogens is 217 g/mol. The minimum atomic E-state index is -0.237. The number of unbranched alkanes of at least 4 members (excludes halogenated alkanes) is 1. The number of ether oxygens (including phenoxy) is 1. The van der Waals surface area contributed by atoms with E-state index in [9.17, 15) is 4.39 Å². The van der Waals surface area contributed by atoms with E-state index in [1.165, 1.54) is 6.07 Å². The predicted octanol–water partition coefficient (Wildman–Crippen LogP) is 3.50. The summed E-state index contributed by atoms with van der Waals surface area (Å²) in [6, 6.07) is 5.27. The van der Waals surface area contributed by atoms with Crippen LogP contribution in [0.15, 0.2) is 18.2 Å². The van der Waals surface area contributed by atoms with Gasteiger partial charge in [-0.1, -0.05) is 27.2 Å². The average molecular weight is 239 g/mol. The molecule has 2 nitrogen and oxygen atoms in total. The van der Waals surface area contributed by atoms with Crippen LogP contribution in [0.4, 0.5) is 4.39 Å². The van der Waals surface area contributed by atoms with E-state index in [1.807, 2.05) is 6.07 Å². The Morgan fingerprint density at radius 3 is 2.71 bits per heavy atom. The smallest absolute Gasteiger partial charge is 0.127 e. The zero-order valence-electron chi connectivity index (χ0n) is 10.9. The van der Waals surface area contributed by atoms with Crippen molar-refractivity contribution >= 4 is 0 Å². The Morgan fingerprint density at radius 2 is 2.06 bits per heavy atom. The van der Waals surface area contributed by atoms with E-state index in [0.717, 1.165) is 18.4 Å². The van der Waals surface area contributed by atoms with Crippen molar-refractivity contribution in [1.82, 2.24) is 5.32 Å². The molecule has 3 heteroatoms. The molecule has 1 aromatic carbocycles. The highest BCUT2D eigenvalue weighted by molar-refractivity contribution is 5.29. The molecule has 0 radical (unpaired) electrons. The zero-order chi connectivity index (χ0) is 12.7. The second-order valence-corrected chi connectivity index (χ2v) is 4.53. The highest BCUT2D eigenvalue weighted by Crippen LogP contribution is 2.17. The van der Waals surface area contributed by atoms with Crippen LogP contribution in [0.2, 0.25) is 0 Å². The molecule has 0 spiro atoms. The van der Waals surface area contributed by atoms with E-state index < -0.39 is 0 Å². The average Bonchev–Trinajstić information content (AvgIpc) is 2.26. The summed E-state index contributed by atoms with van der Waals surface area (Å²) in [4.78, 5) is 0. The largest absolute Gasteiger partial charge is 0.493 e. The van der Waals surface area contributed by atoms with Gasteiger partial charge in [-0.15, -0.1) is 0 Å². The van der Waals surface area contributed by atoms with Crippen molar-refractivity contribution in [2.24, 2.45) is 0 Å². The Bertz CT molecular complexity index is 339. The molecule has 1 N–H and O–H groups in total. The molecule has 1 aromatic rings. The molecule has 0 aliphatic heterocycles. The molecular formula is C14H22FNO. The third-order valence-corrected chi connectivity index (χ3v) is 2.41. The normalized spacial score (nSPS) is 10.9. The Balaban J connectivity index is 2.59. The third-order valence-electron chi connectivity index (χ3n) is 2.41. The van der Waals surface area contributed by atoms with Crippen LogP contribution in [0.3, 0.4) is 0 Å². The first-order valence-electron chi connectivity index (χ1n) is 6.27. The van der Waals surface area contributed by atoms with Crippen LogP contribution >= 0.6 is 0 Å². The van der Waals surface area contributed by atoms with Gasteiger partial charge in [0.15, 0.2) is 0 Å². The molecule has 0 heterocycles. The summed E-state index contributed by atoms with van der Waals surface area (Å²) >= 11 is 0. The van der Waals surface area contributed by atoms with E-state index in [-0.39, 0.29) is 5.82 Å². The molecule has 0 amide bonds. The van der Waals surface area contributed by atoms with Crippen LogP contribution in [0, 0.1) is 5.82 Å². The SMILES string of the molecule is CCCCOc1cc(F)cc(CNC(C)C)c1. The van der Waals surface area contributed by atoms with Crippen molar-refractivity contribution in [3.8, 4) is 5.75 Å². The molecule has 96 valence electrons. The number of benzene rings is 1. The fraction of sp³-hybridized carbons (Fsp3) is 0.571. The first-order valence-corrected chi connectivity index (χ1v) is 6.27. The quantitative estimate of drug-likeness (QED) is 0.735. The molecule has 0 aromatic heterocycles. The highest BCUT2D eigenvalue weighted by atomic mass is 19.1. The fourth-order valence-corrected chi connectivity index (χ4v) is 1.46. The molecule has 0 saturated carbocycles. The molecule has 0 atom stereocenters. The van der Waals surface area contributed by atoms with Gasteiger partial charge in [-0.25, -0.2) is 4.39 Å². The number of halogens is 1. The second-order valence-electron chi connectivity index (χ2n) is 4.53. The Morgan fingerprint density at radius 1 is 1.29 bits per heavy atom. The van der Waals surface area contributed by atoms with E-state index >= 15 is 0 Å². The second kappa shape index (κ2) is 7.28. The minimum Gasteiger partial charge on any atom is -0.493 e. The molecule has 0 aliphatic rings. The summed E-state index contributed by atoms with van der Waals surface area (Å²) < 4.78 is 18.9. The molecule has 0 bridgehead atoms. The maximum Gasteiger partial charge on any atom is 0.127 e. The summed E-state index contributed by atoms with van der Waals surface area (Å²) in [5.74, 6) is 0.388. The Kier molecular flexibility index (Phi) is 5.98. The Labute approximate surface area is 103 Å². The van der Waals surface area contributed by atoms with Gasteiger partial charge < -0.3 is 10.1 Å². The van der Waals surface area contributed by atoms with Gasteiger partial charge in [0.05, 0.1) is 6.61 Å². The van der Waals surface area contributed by atoms with Crippen molar-refractivity contribution in [3.05, 3.63) is 29.6 Å². The van der Waals surface area contributed by atoms with Gasteiger partial charge in [0, 0.05) is 18.7 Å². The zero-order valence-corrected chi connectivity index (χ0v) is 10.9. The summed E-state index contributed by atoms with van der Waals surface area (Å²) in [5, 5.41) is 3.26. The summed E-state index contributed by atoms with van der Waals surface area (Å²) in [6.07, 6.45) is 2.08. The van der Waals surface area contributed by atoms with Crippen LogP contribution in [-0.4, -0.2) is 12.6 Å². The van der Waals surface area contributed by atoms with Gasteiger partial charge in [0.25, 0.3) is 0 Å².